The van der Waals surface area contributed by atoms with Crippen molar-refractivity contribution < 1.29 is 14.3 Å². The number of benzene rings is 1. The first-order valence-corrected chi connectivity index (χ1v) is 5.59. The summed E-state index contributed by atoms with van der Waals surface area (Å²) in [6.45, 7) is 2.04. The number of carbonyl (C=O) groups is 1. The van der Waals surface area contributed by atoms with Gasteiger partial charge in [-0.3, -0.25) is 4.79 Å². The van der Waals surface area contributed by atoms with Gasteiger partial charge in [-0.25, -0.2) is 0 Å². The van der Waals surface area contributed by atoms with Gasteiger partial charge in [0.2, 0.25) is 0 Å². The quantitative estimate of drug-likeness (QED) is 0.734. The Hall–Kier alpha value is -1.77. The minimum atomic E-state index is -0.179. The number of fused-ring (bicyclic) bond motifs is 1. The van der Waals surface area contributed by atoms with Gasteiger partial charge in [-0.15, -0.1) is 0 Å². The summed E-state index contributed by atoms with van der Waals surface area (Å²) in [4.78, 5) is 11.5. The highest BCUT2D eigenvalue weighted by Gasteiger charge is 2.22. The first kappa shape index (κ1) is 11.7. The normalized spacial score (nSPS) is 17.5. The number of carbonyl (C=O) groups excluding carboxylic acids is 1. The van der Waals surface area contributed by atoms with Crippen LogP contribution in [0, 0.1) is 12.8 Å². The van der Waals surface area contributed by atoms with Crippen molar-refractivity contribution in [2.45, 2.75) is 13.3 Å². The largest absolute Gasteiger partial charge is 0.497 e. The van der Waals surface area contributed by atoms with Gasteiger partial charge in [0.25, 0.3) is 0 Å². The maximum absolute atomic E-state index is 11.5. The second-order valence-corrected chi connectivity index (χ2v) is 4.20. The van der Waals surface area contributed by atoms with E-state index in [-0.39, 0.29) is 11.9 Å². The van der Waals surface area contributed by atoms with Crippen molar-refractivity contribution in [3.63, 3.8) is 0 Å². The Morgan fingerprint density at radius 2 is 2.12 bits per heavy atom. The number of aryl methyl sites for hydroxylation is 1. The lowest BCUT2D eigenvalue weighted by molar-refractivity contribution is -0.143. The lowest BCUT2D eigenvalue weighted by Crippen LogP contribution is -2.19. The average molecular weight is 232 g/mol. The smallest absolute Gasteiger partial charge is 0.312 e. The average Bonchev–Trinajstić information content (AvgIpc) is 2.37. The van der Waals surface area contributed by atoms with Gasteiger partial charge in [0.05, 0.1) is 20.1 Å². The van der Waals surface area contributed by atoms with Crippen molar-refractivity contribution >= 4 is 12.0 Å². The van der Waals surface area contributed by atoms with E-state index >= 15 is 0 Å². The summed E-state index contributed by atoms with van der Waals surface area (Å²) in [5, 5.41) is 0. The monoisotopic (exact) mass is 232 g/mol. The molecule has 3 heteroatoms. The van der Waals surface area contributed by atoms with Gasteiger partial charge in [0.1, 0.15) is 5.75 Å². The number of hydrogen-bond donors (Lipinski definition) is 0. The van der Waals surface area contributed by atoms with E-state index in [1.54, 1.807) is 7.11 Å². The minimum absolute atomic E-state index is 0.167. The standard InChI is InChI=1S/C14H16O3/c1-9-6-12(16-2)7-10-4-5-11(8-13(9)10)14(15)17-3/h4-7,11H,8H2,1-3H3. The molecule has 0 N–H and O–H groups in total. The Labute approximate surface area is 101 Å². The van der Waals surface area contributed by atoms with E-state index < -0.39 is 0 Å². The lowest BCUT2D eigenvalue weighted by Gasteiger charge is -2.20. The van der Waals surface area contributed by atoms with Gasteiger partial charge >= 0.3 is 5.97 Å². The van der Waals surface area contributed by atoms with Crippen LogP contribution in [0.15, 0.2) is 18.2 Å². The second kappa shape index (κ2) is 4.62. The predicted octanol–water partition coefficient (Wildman–Crippen LogP) is 2.36. The molecule has 1 aromatic rings. The minimum Gasteiger partial charge on any atom is -0.497 e. The molecule has 0 fully saturated rings. The fraction of sp³-hybridized carbons (Fsp3) is 0.357. The molecule has 0 radical (unpaired) electrons. The molecule has 0 aromatic heterocycles. The van der Waals surface area contributed by atoms with E-state index in [0.717, 1.165) is 16.9 Å². The molecular formula is C14H16O3. The van der Waals surface area contributed by atoms with Gasteiger partial charge in [0.15, 0.2) is 0 Å². The van der Waals surface area contributed by atoms with Crippen LogP contribution in [0.5, 0.6) is 5.75 Å². The molecule has 0 saturated heterocycles. The van der Waals surface area contributed by atoms with Gasteiger partial charge in [-0.1, -0.05) is 12.2 Å². The van der Waals surface area contributed by atoms with Crippen molar-refractivity contribution in [1.29, 1.82) is 0 Å². The molecule has 17 heavy (non-hydrogen) atoms. The summed E-state index contributed by atoms with van der Waals surface area (Å²) >= 11 is 0. The van der Waals surface area contributed by atoms with E-state index in [1.165, 1.54) is 12.7 Å². The zero-order valence-electron chi connectivity index (χ0n) is 10.3. The van der Waals surface area contributed by atoms with Crippen LogP contribution >= 0.6 is 0 Å². The molecule has 0 spiro atoms. The number of methoxy groups -OCH3 is 2. The van der Waals surface area contributed by atoms with Crippen LogP contribution in [0.1, 0.15) is 16.7 Å². The second-order valence-electron chi connectivity index (χ2n) is 4.20. The molecule has 2 rings (SSSR count). The van der Waals surface area contributed by atoms with Crippen LogP contribution in [0.4, 0.5) is 0 Å². The zero-order valence-corrected chi connectivity index (χ0v) is 10.3. The molecule has 0 heterocycles. The molecule has 0 amide bonds. The fourth-order valence-corrected chi connectivity index (χ4v) is 2.18. The van der Waals surface area contributed by atoms with Gasteiger partial charge in [-0.2, -0.15) is 0 Å². The van der Waals surface area contributed by atoms with Gasteiger partial charge in [-0.05, 0) is 42.2 Å². The van der Waals surface area contributed by atoms with Gasteiger partial charge < -0.3 is 9.47 Å². The third-order valence-corrected chi connectivity index (χ3v) is 3.15. The molecule has 1 unspecified atom stereocenters. The molecule has 0 bridgehead atoms. The van der Waals surface area contributed by atoms with Crippen LogP contribution in [-0.2, 0) is 16.0 Å². The molecule has 0 aliphatic heterocycles. The van der Waals surface area contributed by atoms with Crippen molar-refractivity contribution in [2.75, 3.05) is 14.2 Å². The number of hydrogen-bond acceptors (Lipinski definition) is 3. The molecule has 90 valence electrons. The summed E-state index contributed by atoms with van der Waals surface area (Å²) < 4.78 is 10.0. The summed E-state index contributed by atoms with van der Waals surface area (Å²) in [5.41, 5.74) is 3.48. The topological polar surface area (TPSA) is 35.5 Å². The van der Waals surface area contributed by atoms with Crippen LogP contribution in [0.2, 0.25) is 0 Å². The maximum atomic E-state index is 11.5. The van der Waals surface area contributed by atoms with Crippen molar-refractivity contribution in [1.82, 2.24) is 0 Å². The summed E-state index contributed by atoms with van der Waals surface area (Å²) in [7, 11) is 3.08. The highest BCUT2D eigenvalue weighted by Crippen LogP contribution is 2.30. The molecule has 0 saturated carbocycles. The number of ether oxygens (including phenoxy) is 2. The number of esters is 1. The molecule has 1 aliphatic rings. The molecular weight excluding hydrogens is 216 g/mol. The van der Waals surface area contributed by atoms with E-state index in [4.69, 9.17) is 9.47 Å². The van der Waals surface area contributed by atoms with Crippen molar-refractivity contribution in [2.24, 2.45) is 5.92 Å². The predicted molar refractivity (Wildman–Crippen MR) is 66.0 cm³/mol. The summed E-state index contributed by atoms with van der Waals surface area (Å²) in [6, 6.07) is 3.98. The number of rotatable bonds is 2. The Balaban J connectivity index is 2.36. The summed E-state index contributed by atoms with van der Waals surface area (Å²) in [6.07, 6.45) is 4.57. The van der Waals surface area contributed by atoms with E-state index in [0.29, 0.717) is 6.42 Å². The Kier molecular flexibility index (Phi) is 3.18. The lowest BCUT2D eigenvalue weighted by atomic mass is 9.87. The van der Waals surface area contributed by atoms with E-state index in [1.807, 2.05) is 31.2 Å². The highest BCUT2D eigenvalue weighted by molar-refractivity contribution is 5.78. The Morgan fingerprint density at radius 3 is 2.76 bits per heavy atom. The fourth-order valence-electron chi connectivity index (χ4n) is 2.18. The Bertz CT molecular complexity index is 475. The molecule has 1 aromatic carbocycles. The SMILES string of the molecule is COC(=O)C1C=Cc2cc(OC)cc(C)c2C1. The van der Waals surface area contributed by atoms with Crippen LogP contribution in [0.25, 0.3) is 6.08 Å². The third kappa shape index (κ3) is 2.18. The Morgan fingerprint density at radius 1 is 1.35 bits per heavy atom. The first-order valence-electron chi connectivity index (χ1n) is 5.59. The third-order valence-electron chi connectivity index (χ3n) is 3.15. The van der Waals surface area contributed by atoms with Crippen molar-refractivity contribution in [3.8, 4) is 5.75 Å². The van der Waals surface area contributed by atoms with E-state index in [9.17, 15) is 4.79 Å². The van der Waals surface area contributed by atoms with Crippen molar-refractivity contribution in [3.05, 3.63) is 34.9 Å². The molecule has 1 aliphatic carbocycles. The zero-order chi connectivity index (χ0) is 12.4. The molecule has 1 atom stereocenters. The van der Waals surface area contributed by atoms with Gasteiger partial charge in [0, 0.05) is 0 Å². The highest BCUT2D eigenvalue weighted by atomic mass is 16.5. The first-order chi connectivity index (χ1) is 8.15. The maximum Gasteiger partial charge on any atom is 0.312 e. The summed E-state index contributed by atoms with van der Waals surface area (Å²) in [5.74, 6) is 0.504. The molecule has 3 nitrogen and oxygen atoms in total. The van der Waals surface area contributed by atoms with E-state index in [2.05, 4.69) is 0 Å². The van der Waals surface area contributed by atoms with Crippen LogP contribution in [0.3, 0.4) is 0 Å². The van der Waals surface area contributed by atoms with Crippen LogP contribution in [-0.4, -0.2) is 20.2 Å². The van der Waals surface area contributed by atoms with Crippen LogP contribution < -0.4 is 4.74 Å².